The van der Waals surface area contributed by atoms with E-state index in [-0.39, 0.29) is 18.0 Å². The lowest BCUT2D eigenvalue weighted by Crippen LogP contribution is -2.21. The minimum atomic E-state index is -0.693. The maximum Gasteiger partial charge on any atom is 0.345 e. The highest BCUT2D eigenvalue weighted by atomic mass is 16.5. The summed E-state index contributed by atoms with van der Waals surface area (Å²) in [5, 5.41) is 0. The van der Waals surface area contributed by atoms with E-state index >= 15 is 0 Å². The Morgan fingerprint density at radius 3 is 2.84 bits per heavy atom. The topological polar surface area (TPSA) is 97.8 Å². The number of aryl methyl sites for hydroxylation is 1. The van der Waals surface area contributed by atoms with Crippen molar-refractivity contribution in [3.8, 4) is 11.5 Å². The van der Waals surface area contributed by atoms with Gasteiger partial charge in [-0.05, 0) is 19.9 Å². The fraction of sp³-hybridized carbons (Fsp3) is 0.250. The summed E-state index contributed by atoms with van der Waals surface area (Å²) in [5.74, 6) is 0.153. The number of hydrogen-bond acceptors (Lipinski definition) is 6. The molecule has 0 aliphatic rings. The summed E-state index contributed by atoms with van der Waals surface area (Å²) < 4.78 is 4.75. The Labute approximate surface area is 108 Å². The Hall–Kier alpha value is -2.57. The van der Waals surface area contributed by atoms with Gasteiger partial charge in [0.15, 0.2) is 5.82 Å². The number of H-pyrrole nitrogens is 1. The van der Waals surface area contributed by atoms with Gasteiger partial charge >= 0.3 is 5.97 Å². The van der Waals surface area contributed by atoms with E-state index in [0.717, 1.165) is 0 Å². The summed E-state index contributed by atoms with van der Waals surface area (Å²) in [4.78, 5) is 37.8. The van der Waals surface area contributed by atoms with Crippen LogP contribution in [0.2, 0.25) is 0 Å². The third-order valence-corrected chi connectivity index (χ3v) is 2.31. The third-order valence-electron chi connectivity index (χ3n) is 2.31. The molecule has 2 aromatic rings. The highest BCUT2D eigenvalue weighted by Gasteiger charge is 2.13. The maximum atomic E-state index is 11.8. The lowest BCUT2D eigenvalue weighted by atomic mass is 10.3. The molecule has 0 saturated heterocycles. The quantitative estimate of drug-likeness (QED) is 0.816. The highest BCUT2D eigenvalue weighted by Crippen LogP contribution is 2.09. The largest absolute Gasteiger partial charge is 0.462 e. The molecule has 0 fully saturated rings. The van der Waals surface area contributed by atoms with Crippen molar-refractivity contribution < 1.29 is 9.53 Å². The molecule has 0 amide bonds. The van der Waals surface area contributed by atoms with E-state index in [0.29, 0.717) is 11.5 Å². The zero-order valence-corrected chi connectivity index (χ0v) is 10.5. The van der Waals surface area contributed by atoms with Crippen molar-refractivity contribution in [1.29, 1.82) is 0 Å². The molecule has 2 rings (SSSR count). The van der Waals surface area contributed by atoms with Crippen LogP contribution in [0.25, 0.3) is 11.5 Å². The van der Waals surface area contributed by atoms with Crippen LogP contribution < -0.4 is 5.56 Å². The van der Waals surface area contributed by atoms with Crippen LogP contribution in [-0.2, 0) is 4.74 Å². The van der Waals surface area contributed by atoms with Gasteiger partial charge in [0, 0.05) is 12.4 Å². The molecule has 98 valence electrons. The Morgan fingerprint density at radius 1 is 1.42 bits per heavy atom. The number of rotatable bonds is 3. The fourth-order valence-corrected chi connectivity index (χ4v) is 1.47. The van der Waals surface area contributed by atoms with Gasteiger partial charge in [0.05, 0.1) is 6.61 Å². The van der Waals surface area contributed by atoms with Crippen molar-refractivity contribution in [1.82, 2.24) is 19.9 Å². The zero-order chi connectivity index (χ0) is 13.8. The number of nitrogens with one attached hydrogen (secondary N) is 1. The molecule has 0 bridgehead atoms. The second kappa shape index (κ2) is 5.38. The molecule has 0 aromatic carbocycles. The van der Waals surface area contributed by atoms with Gasteiger partial charge in [-0.3, -0.25) is 4.79 Å². The van der Waals surface area contributed by atoms with Gasteiger partial charge in [-0.25, -0.2) is 19.7 Å². The number of nitrogens with zero attached hydrogens (tertiary/aromatic N) is 3. The number of aromatic amines is 1. The second-order valence-corrected chi connectivity index (χ2v) is 3.68. The Kier molecular flexibility index (Phi) is 3.65. The first-order chi connectivity index (χ1) is 9.11. The SMILES string of the molecule is CCOC(=O)c1cnc(-c2ccnc(C)n2)[nH]c1=O. The molecule has 0 aliphatic carbocycles. The van der Waals surface area contributed by atoms with Gasteiger partial charge < -0.3 is 9.72 Å². The summed E-state index contributed by atoms with van der Waals surface area (Å²) in [6.07, 6.45) is 2.75. The van der Waals surface area contributed by atoms with Crippen molar-refractivity contribution in [2.24, 2.45) is 0 Å². The average molecular weight is 260 g/mol. The first-order valence-electron chi connectivity index (χ1n) is 5.68. The zero-order valence-electron chi connectivity index (χ0n) is 10.5. The minimum absolute atomic E-state index is 0.128. The molecule has 7 heteroatoms. The van der Waals surface area contributed by atoms with Crippen LogP contribution in [0.1, 0.15) is 23.1 Å². The smallest absolute Gasteiger partial charge is 0.345 e. The number of carbonyl (C=O) groups excluding carboxylic acids is 1. The Balaban J connectivity index is 2.39. The molecule has 0 unspecified atom stereocenters. The summed E-state index contributed by atoms with van der Waals surface area (Å²) in [6.45, 7) is 3.59. The van der Waals surface area contributed by atoms with Crippen molar-refractivity contribution >= 4 is 5.97 Å². The summed E-state index contributed by atoms with van der Waals surface area (Å²) >= 11 is 0. The number of aromatic nitrogens is 4. The number of carbonyl (C=O) groups is 1. The lowest BCUT2D eigenvalue weighted by Gasteiger charge is -2.03. The molecule has 0 aliphatic heterocycles. The van der Waals surface area contributed by atoms with Crippen LogP contribution in [0.15, 0.2) is 23.3 Å². The molecule has 1 N–H and O–H groups in total. The van der Waals surface area contributed by atoms with Gasteiger partial charge in [0.25, 0.3) is 5.56 Å². The second-order valence-electron chi connectivity index (χ2n) is 3.68. The van der Waals surface area contributed by atoms with Gasteiger partial charge in [-0.2, -0.15) is 0 Å². The van der Waals surface area contributed by atoms with Gasteiger partial charge in [-0.1, -0.05) is 0 Å². The molecule has 0 atom stereocenters. The molecule has 2 aromatic heterocycles. The van der Waals surface area contributed by atoms with E-state index in [1.807, 2.05) is 0 Å². The Bertz CT molecular complexity index is 666. The van der Waals surface area contributed by atoms with E-state index in [9.17, 15) is 9.59 Å². The van der Waals surface area contributed by atoms with E-state index in [1.54, 1.807) is 26.1 Å². The average Bonchev–Trinajstić information content (AvgIpc) is 2.38. The number of esters is 1. The predicted octanol–water partition coefficient (Wildman–Crippen LogP) is 0.712. The molecular formula is C12H12N4O3. The van der Waals surface area contributed by atoms with E-state index in [2.05, 4.69) is 19.9 Å². The number of ether oxygens (including phenoxy) is 1. The van der Waals surface area contributed by atoms with Crippen LogP contribution in [-0.4, -0.2) is 32.5 Å². The van der Waals surface area contributed by atoms with E-state index in [4.69, 9.17) is 4.74 Å². The van der Waals surface area contributed by atoms with Crippen LogP contribution in [0, 0.1) is 6.92 Å². The first-order valence-corrected chi connectivity index (χ1v) is 5.68. The number of hydrogen-bond donors (Lipinski definition) is 1. The minimum Gasteiger partial charge on any atom is -0.462 e. The molecular weight excluding hydrogens is 248 g/mol. The normalized spacial score (nSPS) is 10.2. The van der Waals surface area contributed by atoms with Crippen LogP contribution >= 0.6 is 0 Å². The monoisotopic (exact) mass is 260 g/mol. The standard InChI is InChI=1S/C12H12N4O3/c1-3-19-12(18)8-6-14-10(16-11(8)17)9-4-5-13-7(2)15-9/h4-6H,3H2,1-2H3,(H,14,16,17). The van der Waals surface area contributed by atoms with Crippen molar-refractivity contribution in [2.75, 3.05) is 6.61 Å². The molecule has 7 nitrogen and oxygen atoms in total. The van der Waals surface area contributed by atoms with E-state index in [1.165, 1.54) is 6.20 Å². The molecule has 0 radical (unpaired) electrons. The van der Waals surface area contributed by atoms with Crippen LogP contribution in [0.4, 0.5) is 0 Å². The van der Waals surface area contributed by atoms with Gasteiger partial charge in [0.1, 0.15) is 17.1 Å². The predicted molar refractivity (Wildman–Crippen MR) is 66.6 cm³/mol. The fourth-order valence-electron chi connectivity index (χ4n) is 1.47. The van der Waals surface area contributed by atoms with Crippen LogP contribution in [0.5, 0.6) is 0 Å². The molecule has 0 spiro atoms. The van der Waals surface area contributed by atoms with Crippen molar-refractivity contribution in [2.45, 2.75) is 13.8 Å². The molecule has 19 heavy (non-hydrogen) atoms. The van der Waals surface area contributed by atoms with Gasteiger partial charge in [-0.15, -0.1) is 0 Å². The summed E-state index contributed by atoms with van der Waals surface area (Å²) in [7, 11) is 0. The van der Waals surface area contributed by atoms with Crippen molar-refractivity contribution in [3.63, 3.8) is 0 Å². The van der Waals surface area contributed by atoms with Crippen molar-refractivity contribution in [3.05, 3.63) is 40.2 Å². The maximum absolute atomic E-state index is 11.8. The molecule has 0 saturated carbocycles. The summed E-state index contributed by atoms with van der Waals surface area (Å²) in [6, 6.07) is 1.62. The first kappa shape index (κ1) is 12.9. The van der Waals surface area contributed by atoms with Gasteiger partial charge in [0.2, 0.25) is 0 Å². The highest BCUT2D eigenvalue weighted by molar-refractivity contribution is 5.88. The third kappa shape index (κ3) is 2.82. The molecule has 2 heterocycles. The Morgan fingerprint density at radius 2 is 2.21 bits per heavy atom. The lowest BCUT2D eigenvalue weighted by molar-refractivity contribution is 0.0524. The van der Waals surface area contributed by atoms with E-state index < -0.39 is 11.5 Å². The summed E-state index contributed by atoms with van der Waals surface area (Å²) in [5.41, 5.74) is -0.198. The van der Waals surface area contributed by atoms with Crippen LogP contribution in [0.3, 0.4) is 0 Å².